The van der Waals surface area contributed by atoms with Crippen LogP contribution in [0.15, 0.2) is 4.99 Å². The number of nitrogens with one attached hydrogen (secondary N) is 2. The van der Waals surface area contributed by atoms with Crippen LogP contribution in [0.2, 0.25) is 0 Å². The molecule has 9 heteroatoms. The van der Waals surface area contributed by atoms with Gasteiger partial charge in [0.15, 0.2) is 5.96 Å². The molecule has 0 radical (unpaired) electrons. The summed E-state index contributed by atoms with van der Waals surface area (Å²) in [4.78, 5) is 18.0. The van der Waals surface area contributed by atoms with Crippen LogP contribution in [0.4, 0.5) is 0 Å². The minimum Gasteiger partial charge on any atom is -0.357 e. The molecule has 1 heterocycles. The lowest BCUT2D eigenvalue weighted by atomic mass is 10.4. The number of guanidine groups is 1. The predicted molar refractivity (Wildman–Crippen MR) is 101 cm³/mol. The Hall–Kier alpha value is -1.35. The van der Waals surface area contributed by atoms with Crippen molar-refractivity contribution < 1.29 is 13.2 Å². The third-order valence-electron chi connectivity index (χ3n) is 4.15. The van der Waals surface area contributed by atoms with Crippen LogP contribution in [0.1, 0.15) is 39.5 Å². The third kappa shape index (κ3) is 8.04. The van der Waals surface area contributed by atoms with Gasteiger partial charge in [0.05, 0.1) is 5.75 Å². The number of aliphatic imine (C=N–C) groups is 1. The number of carbonyl (C=O) groups is 1. The number of hydrogen-bond acceptors (Lipinski definition) is 4. The Bertz CT molecular complexity index is 536. The average Bonchev–Trinajstić information content (AvgIpc) is 3.00. The van der Waals surface area contributed by atoms with E-state index in [0.717, 1.165) is 38.4 Å². The highest BCUT2D eigenvalue weighted by molar-refractivity contribution is 7.89. The molecule has 0 aromatic rings. The van der Waals surface area contributed by atoms with Crippen molar-refractivity contribution in [1.29, 1.82) is 0 Å². The number of likely N-dealkylation sites (tertiary alicyclic amines) is 1. The van der Waals surface area contributed by atoms with Gasteiger partial charge in [0, 0.05) is 52.7 Å². The summed E-state index contributed by atoms with van der Waals surface area (Å²) in [5, 5.41) is 6.40. The van der Waals surface area contributed by atoms with Gasteiger partial charge in [-0.05, 0) is 33.1 Å². The van der Waals surface area contributed by atoms with Gasteiger partial charge in [0.25, 0.3) is 0 Å². The number of nitrogens with zero attached hydrogens (tertiary/aromatic N) is 3. The van der Waals surface area contributed by atoms with Crippen molar-refractivity contribution in [3.8, 4) is 0 Å². The quantitative estimate of drug-likeness (QED) is 0.306. The number of sulfonamides is 1. The molecule has 0 spiro atoms. The zero-order valence-electron chi connectivity index (χ0n) is 15.8. The van der Waals surface area contributed by atoms with E-state index in [1.165, 1.54) is 4.31 Å². The second-order valence-corrected chi connectivity index (χ2v) is 8.47. The Morgan fingerprint density at radius 1 is 1.28 bits per heavy atom. The summed E-state index contributed by atoms with van der Waals surface area (Å²) in [7, 11) is -1.50. The first kappa shape index (κ1) is 21.7. The average molecular weight is 376 g/mol. The third-order valence-corrected chi connectivity index (χ3v) is 6.02. The molecule has 25 heavy (non-hydrogen) atoms. The van der Waals surface area contributed by atoms with Crippen LogP contribution in [0.5, 0.6) is 0 Å². The first-order valence-corrected chi connectivity index (χ1v) is 10.8. The Balaban J connectivity index is 2.27. The van der Waals surface area contributed by atoms with Crippen molar-refractivity contribution in [2.45, 2.75) is 39.5 Å². The van der Waals surface area contributed by atoms with Crippen molar-refractivity contribution in [3.05, 3.63) is 0 Å². The van der Waals surface area contributed by atoms with E-state index in [1.54, 1.807) is 14.0 Å². The predicted octanol–water partition coefficient (Wildman–Crippen LogP) is 0.226. The van der Waals surface area contributed by atoms with Crippen molar-refractivity contribution >= 4 is 21.9 Å². The molecule has 146 valence electrons. The normalized spacial score (nSPS) is 15.9. The zero-order valence-corrected chi connectivity index (χ0v) is 16.6. The van der Waals surface area contributed by atoms with Gasteiger partial charge in [-0.15, -0.1) is 0 Å². The number of hydrogen-bond donors (Lipinski definition) is 2. The van der Waals surface area contributed by atoms with Crippen LogP contribution in [0.25, 0.3) is 0 Å². The second-order valence-electron chi connectivity index (χ2n) is 6.10. The van der Waals surface area contributed by atoms with Crippen LogP contribution in [0, 0.1) is 0 Å². The van der Waals surface area contributed by atoms with Gasteiger partial charge < -0.3 is 15.5 Å². The summed E-state index contributed by atoms with van der Waals surface area (Å²) in [6.45, 7) is 7.84. The summed E-state index contributed by atoms with van der Waals surface area (Å²) in [6, 6.07) is 0. The van der Waals surface area contributed by atoms with Crippen molar-refractivity contribution in [1.82, 2.24) is 19.8 Å². The molecule has 0 aliphatic carbocycles. The maximum absolute atomic E-state index is 11.7. The van der Waals surface area contributed by atoms with E-state index < -0.39 is 10.0 Å². The van der Waals surface area contributed by atoms with Crippen LogP contribution < -0.4 is 10.6 Å². The largest absolute Gasteiger partial charge is 0.357 e. The highest BCUT2D eigenvalue weighted by Gasteiger charge is 2.18. The fourth-order valence-electron chi connectivity index (χ4n) is 2.60. The number of carbonyl (C=O) groups excluding carboxylic acids is 1. The van der Waals surface area contributed by atoms with E-state index in [9.17, 15) is 13.2 Å². The van der Waals surface area contributed by atoms with Gasteiger partial charge in [-0.1, -0.05) is 0 Å². The van der Waals surface area contributed by atoms with E-state index in [4.69, 9.17) is 0 Å². The molecule has 0 saturated carbocycles. The van der Waals surface area contributed by atoms with Crippen molar-refractivity contribution in [3.63, 3.8) is 0 Å². The lowest BCUT2D eigenvalue weighted by molar-refractivity contribution is -0.127. The molecule has 0 aromatic carbocycles. The Morgan fingerprint density at radius 3 is 2.64 bits per heavy atom. The van der Waals surface area contributed by atoms with Crippen LogP contribution in [-0.2, 0) is 14.8 Å². The van der Waals surface area contributed by atoms with Crippen LogP contribution in [0.3, 0.4) is 0 Å². The monoisotopic (exact) mass is 375 g/mol. The lowest BCUT2D eigenvalue weighted by Gasteiger charge is -2.17. The van der Waals surface area contributed by atoms with Crippen molar-refractivity contribution in [2.75, 3.05) is 52.1 Å². The van der Waals surface area contributed by atoms with Gasteiger partial charge in [-0.25, -0.2) is 12.7 Å². The fourth-order valence-corrected chi connectivity index (χ4v) is 3.45. The van der Waals surface area contributed by atoms with E-state index in [-0.39, 0.29) is 11.7 Å². The topological polar surface area (TPSA) is 94.1 Å². The highest BCUT2D eigenvalue weighted by Crippen LogP contribution is 2.09. The first-order valence-electron chi connectivity index (χ1n) is 9.14. The molecule has 1 fully saturated rings. The van der Waals surface area contributed by atoms with E-state index >= 15 is 0 Å². The van der Waals surface area contributed by atoms with Gasteiger partial charge in [-0.2, -0.15) is 0 Å². The van der Waals surface area contributed by atoms with E-state index in [2.05, 4.69) is 15.6 Å². The standard InChI is InChI=1S/C16H33N5O3S/c1-4-17-16(18-10-7-12-20(3)25(23,24)5-2)19-11-8-14-21-13-6-9-15(21)22/h4-14H2,1-3H3,(H2,17,18,19). The van der Waals surface area contributed by atoms with E-state index in [1.807, 2.05) is 11.8 Å². The minimum absolute atomic E-state index is 0.126. The number of rotatable bonds is 11. The van der Waals surface area contributed by atoms with Gasteiger partial charge in [0.1, 0.15) is 0 Å². The van der Waals surface area contributed by atoms with E-state index in [0.29, 0.717) is 32.5 Å². The van der Waals surface area contributed by atoms with Gasteiger partial charge in [-0.3, -0.25) is 9.79 Å². The van der Waals surface area contributed by atoms with Gasteiger partial charge >= 0.3 is 0 Å². The molecule has 0 atom stereocenters. The molecule has 8 nitrogen and oxygen atoms in total. The Morgan fingerprint density at radius 2 is 2.04 bits per heavy atom. The molecule has 0 aromatic heterocycles. The summed E-state index contributed by atoms with van der Waals surface area (Å²) >= 11 is 0. The smallest absolute Gasteiger partial charge is 0.222 e. The summed E-state index contributed by atoms with van der Waals surface area (Å²) in [5.41, 5.74) is 0. The molecule has 0 unspecified atom stereocenters. The molecule has 1 rings (SSSR count). The van der Waals surface area contributed by atoms with Gasteiger partial charge in [0.2, 0.25) is 15.9 Å². The van der Waals surface area contributed by atoms with Crippen molar-refractivity contribution in [2.24, 2.45) is 4.99 Å². The molecule has 1 amide bonds. The fraction of sp³-hybridized carbons (Fsp3) is 0.875. The maximum Gasteiger partial charge on any atom is 0.222 e. The first-order chi connectivity index (χ1) is 11.9. The highest BCUT2D eigenvalue weighted by atomic mass is 32.2. The summed E-state index contributed by atoms with van der Waals surface area (Å²) in [5.74, 6) is 1.11. The Kier molecular flexibility index (Phi) is 9.81. The summed E-state index contributed by atoms with van der Waals surface area (Å²) in [6.07, 6.45) is 3.20. The van der Waals surface area contributed by atoms with Crippen LogP contribution >= 0.6 is 0 Å². The molecular formula is C16H33N5O3S. The molecule has 1 aliphatic heterocycles. The molecule has 0 bridgehead atoms. The zero-order chi connectivity index (χ0) is 18.7. The maximum atomic E-state index is 11.7. The molecule has 1 saturated heterocycles. The Labute approximate surface area is 152 Å². The SMILES string of the molecule is CCNC(=NCCCN1CCCC1=O)NCCCN(C)S(=O)(=O)CC. The summed E-state index contributed by atoms with van der Waals surface area (Å²) < 4.78 is 24.8. The molecular weight excluding hydrogens is 342 g/mol. The number of amides is 1. The second kappa shape index (κ2) is 11.3. The molecule has 2 N–H and O–H groups in total. The van der Waals surface area contributed by atoms with Crippen LogP contribution in [-0.4, -0.2) is 81.6 Å². The minimum atomic E-state index is -3.11. The molecule has 1 aliphatic rings. The lowest BCUT2D eigenvalue weighted by Crippen LogP contribution is -2.39.